The number of anilines is 1. The van der Waals surface area contributed by atoms with Crippen molar-refractivity contribution >= 4 is 44.2 Å². The van der Waals surface area contributed by atoms with Gasteiger partial charge in [0.05, 0.1) is 12.1 Å². The number of halogens is 1. The molecule has 0 radical (unpaired) electrons. The molecule has 2 heterocycles. The lowest BCUT2D eigenvalue weighted by molar-refractivity contribution is -0.122. The highest BCUT2D eigenvalue weighted by Gasteiger charge is 2.29. The van der Waals surface area contributed by atoms with Crippen LogP contribution in [0.4, 0.5) is 5.13 Å². The summed E-state index contributed by atoms with van der Waals surface area (Å²) in [6.45, 7) is 4.40. The van der Waals surface area contributed by atoms with Gasteiger partial charge in [-0.05, 0) is 52.7 Å². The van der Waals surface area contributed by atoms with Crippen LogP contribution in [0.15, 0.2) is 26.6 Å². The number of hydrogen-bond donors (Lipinski definition) is 2. The van der Waals surface area contributed by atoms with Gasteiger partial charge in [-0.25, -0.2) is 4.98 Å². The molecule has 2 aromatic rings. The average Bonchev–Trinajstić information content (AvgIpc) is 3.20. The molecule has 8 heteroatoms. The van der Waals surface area contributed by atoms with Crippen molar-refractivity contribution in [1.82, 2.24) is 10.3 Å². The number of amides is 2. The van der Waals surface area contributed by atoms with Gasteiger partial charge < -0.3 is 9.73 Å². The minimum Gasteiger partial charge on any atom is -0.444 e. The number of furan rings is 1. The van der Waals surface area contributed by atoms with E-state index in [1.807, 2.05) is 0 Å². The molecule has 0 saturated heterocycles. The lowest BCUT2D eigenvalue weighted by Crippen LogP contribution is -2.46. The molecule has 0 aliphatic heterocycles. The Bertz CT molecular complexity index is 778. The third kappa shape index (κ3) is 4.73. The molecule has 1 aliphatic rings. The minimum absolute atomic E-state index is 0.0197. The van der Waals surface area contributed by atoms with Gasteiger partial charge in [-0.2, -0.15) is 0 Å². The minimum atomic E-state index is -0.370. The second-order valence-corrected chi connectivity index (χ2v) is 8.50. The van der Waals surface area contributed by atoms with Gasteiger partial charge in [-0.3, -0.25) is 14.9 Å². The number of aromatic nitrogens is 1. The van der Waals surface area contributed by atoms with Crippen LogP contribution in [0.1, 0.15) is 49.4 Å². The third-order valence-electron chi connectivity index (χ3n) is 4.78. The van der Waals surface area contributed by atoms with Crippen LogP contribution in [0.25, 0.3) is 0 Å². The summed E-state index contributed by atoms with van der Waals surface area (Å²) < 4.78 is 5.70. The fraction of sp³-hybridized carbons (Fsp3) is 0.500. The molecule has 0 bridgehead atoms. The van der Waals surface area contributed by atoms with Crippen molar-refractivity contribution in [3.8, 4) is 0 Å². The maximum absolute atomic E-state index is 12.4. The fourth-order valence-electron chi connectivity index (χ4n) is 3.41. The van der Waals surface area contributed by atoms with Gasteiger partial charge in [0, 0.05) is 11.4 Å². The van der Waals surface area contributed by atoms with E-state index < -0.39 is 0 Å². The van der Waals surface area contributed by atoms with Gasteiger partial charge >= 0.3 is 0 Å². The molecule has 3 rings (SSSR count). The van der Waals surface area contributed by atoms with Crippen molar-refractivity contribution in [1.29, 1.82) is 0 Å². The Morgan fingerprint density at radius 3 is 2.69 bits per heavy atom. The lowest BCUT2D eigenvalue weighted by Gasteiger charge is -2.35. The van der Waals surface area contributed by atoms with Crippen LogP contribution in [0, 0.1) is 11.8 Å². The normalized spacial score (nSPS) is 22.8. The summed E-state index contributed by atoms with van der Waals surface area (Å²) in [4.78, 5) is 28.8. The molecule has 2 N–H and O–H groups in total. The Morgan fingerprint density at radius 1 is 1.31 bits per heavy atom. The van der Waals surface area contributed by atoms with Crippen LogP contribution >= 0.6 is 27.3 Å². The van der Waals surface area contributed by atoms with Gasteiger partial charge in [-0.15, -0.1) is 11.3 Å². The third-order valence-corrected chi connectivity index (χ3v) is 6.02. The van der Waals surface area contributed by atoms with Gasteiger partial charge in [-0.1, -0.05) is 20.3 Å². The first-order valence-electron chi connectivity index (χ1n) is 8.73. The molecule has 26 heavy (non-hydrogen) atoms. The quantitative estimate of drug-likeness (QED) is 0.729. The summed E-state index contributed by atoms with van der Waals surface area (Å²) in [6, 6.07) is 3.46. The van der Waals surface area contributed by atoms with Crippen LogP contribution in [0.5, 0.6) is 0 Å². The number of nitrogens with zero attached hydrogens (tertiary/aromatic N) is 1. The Hall–Kier alpha value is -1.67. The summed E-state index contributed by atoms with van der Waals surface area (Å²) >= 11 is 4.45. The number of thiazole rings is 1. The topological polar surface area (TPSA) is 84.2 Å². The van der Waals surface area contributed by atoms with Crippen molar-refractivity contribution < 1.29 is 14.0 Å². The van der Waals surface area contributed by atoms with Crippen LogP contribution in [-0.2, 0) is 11.2 Å². The largest absolute Gasteiger partial charge is 0.444 e. The van der Waals surface area contributed by atoms with Crippen LogP contribution in [0.3, 0.4) is 0 Å². The predicted molar refractivity (Wildman–Crippen MR) is 104 cm³/mol. The van der Waals surface area contributed by atoms with Gasteiger partial charge in [0.1, 0.15) is 0 Å². The fourth-order valence-corrected chi connectivity index (χ4v) is 4.42. The van der Waals surface area contributed by atoms with E-state index in [9.17, 15) is 9.59 Å². The first kappa shape index (κ1) is 19.1. The summed E-state index contributed by atoms with van der Waals surface area (Å²) in [5.41, 5.74) is 0.652. The molecule has 6 nitrogen and oxygen atoms in total. The van der Waals surface area contributed by atoms with Crippen molar-refractivity contribution in [3.63, 3.8) is 0 Å². The molecule has 1 saturated carbocycles. The average molecular weight is 440 g/mol. The van der Waals surface area contributed by atoms with Crippen molar-refractivity contribution in [2.75, 3.05) is 5.32 Å². The van der Waals surface area contributed by atoms with E-state index in [2.05, 4.69) is 45.4 Å². The number of nitrogens with one attached hydrogen (secondary N) is 2. The Balaban J connectivity index is 1.54. The zero-order valence-corrected chi connectivity index (χ0v) is 17.2. The highest BCUT2D eigenvalue weighted by Crippen LogP contribution is 2.29. The van der Waals surface area contributed by atoms with Crippen LogP contribution in [-0.4, -0.2) is 22.8 Å². The number of hydrogen-bond acceptors (Lipinski definition) is 5. The number of rotatable bonds is 5. The molecule has 2 amide bonds. The molecule has 2 unspecified atom stereocenters. The SMILES string of the molecule is CC1CCCC(C)C1NC(=O)Cc1csc(NC(=O)c2ccc(Br)o2)n1. The van der Waals surface area contributed by atoms with E-state index in [0.717, 1.165) is 12.8 Å². The summed E-state index contributed by atoms with van der Waals surface area (Å²) in [5, 5.41) is 8.09. The molecule has 2 aromatic heterocycles. The Kier molecular flexibility index (Phi) is 6.13. The molecule has 0 aromatic carbocycles. The predicted octanol–water partition coefficient (Wildman–Crippen LogP) is 4.23. The summed E-state index contributed by atoms with van der Waals surface area (Å²) in [6.07, 6.45) is 3.76. The molecule has 140 valence electrons. The highest BCUT2D eigenvalue weighted by molar-refractivity contribution is 9.10. The van der Waals surface area contributed by atoms with Crippen molar-refractivity contribution in [3.05, 3.63) is 33.6 Å². The van der Waals surface area contributed by atoms with Gasteiger partial charge in [0.25, 0.3) is 5.91 Å². The number of carbonyl (C=O) groups is 2. The van der Waals surface area contributed by atoms with Crippen molar-refractivity contribution in [2.24, 2.45) is 11.8 Å². The van der Waals surface area contributed by atoms with Crippen molar-refractivity contribution in [2.45, 2.75) is 45.6 Å². The lowest BCUT2D eigenvalue weighted by atomic mass is 9.78. The highest BCUT2D eigenvalue weighted by atomic mass is 79.9. The molecule has 0 spiro atoms. The monoisotopic (exact) mass is 439 g/mol. The van der Waals surface area contributed by atoms with E-state index in [-0.39, 0.29) is 30.0 Å². The molecule has 1 aliphatic carbocycles. The number of carbonyl (C=O) groups excluding carboxylic acids is 2. The second-order valence-electron chi connectivity index (χ2n) is 6.86. The first-order valence-corrected chi connectivity index (χ1v) is 10.4. The molecule has 1 fully saturated rings. The van der Waals surface area contributed by atoms with Crippen LogP contribution in [0.2, 0.25) is 0 Å². The van der Waals surface area contributed by atoms with E-state index >= 15 is 0 Å². The maximum atomic E-state index is 12.4. The Labute approximate surface area is 164 Å². The second kappa shape index (κ2) is 8.35. The van der Waals surface area contributed by atoms with E-state index in [1.165, 1.54) is 17.8 Å². The van der Waals surface area contributed by atoms with E-state index in [1.54, 1.807) is 17.5 Å². The smallest absolute Gasteiger partial charge is 0.293 e. The standard InChI is InChI=1S/C18H22BrN3O3S/c1-10-4-3-5-11(2)16(10)21-15(23)8-12-9-26-18(20-12)22-17(24)13-6-7-14(19)25-13/h6-7,9-11,16H,3-5,8H2,1-2H3,(H,21,23)(H,20,22,24). The van der Waals surface area contributed by atoms with Gasteiger partial charge in [0.15, 0.2) is 15.6 Å². The maximum Gasteiger partial charge on any atom is 0.293 e. The summed E-state index contributed by atoms with van der Waals surface area (Å²) in [5.74, 6) is 0.812. The van der Waals surface area contributed by atoms with Gasteiger partial charge in [0.2, 0.25) is 5.91 Å². The molecule has 2 atom stereocenters. The first-order chi connectivity index (χ1) is 12.4. The molecular formula is C18H22BrN3O3S. The summed E-state index contributed by atoms with van der Waals surface area (Å²) in [7, 11) is 0. The molecular weight excluding hydrogens is 418 g/mol. The zero-order valence-electron chi connectivity index (χ0n) is 14.8. The van der Waals surface area contributed by atoms with E-state index in [4.69, 9.17) is 4.42 Å². The zero-order chi connectivity index (χ0) is 18.7. The van der Waals surface area contributed by atoms with Crippen LogP contribution < -0.4 is 10.6 Å². The van der Waals surface area contributed by atoms with E-state index in [0.29, 0.717) is 27.3 Å². The Morgan fingerprint density at radius 2 is 2.04 bits per heavy atom.